The van der Waals surface area contributed by atoms with E-state index >= 15 is 0 Å². The van der Waals surface area contributed by atoms with E-state index in [0.717, 1.165) is 0 Å². The van der Waals surface area contributed by atoms with Crippen molar-refractivity contribution in [2.75, 3.05) is 0 Å². The molecule has 56 valence electrons. The molecule has 0 heterocycles. The first-order chi connectivity index (χ1) is 2.00. The molecule has 0 bridgehead atoms. The zero-order valence-electron chi connectivity index (χ0n) is 3.53. The molecule has 0 aliphatic carbocycles. The molecule has 0 atom stereocenters. The van der Waals surface area contributed by atoms with Crippen LogP contribution in [0.3, 0.4) is 0 Å². The molecule has 0 aromatic carbocycles. The van der Waals surface area contributed by atoms with Gasteiger partial charge in [-0.1, -0.05) is 0 Å². The SMILES string of the molecule is O.O.O=S(=O)(O)O.[Cr].[KH]. The van der Waals surface area contributed by atoms with Crippen LogP contribution in [0.1, 0.15) is 0 Å². The van der Waals surface area contributed by atoms with Crippen molar-refractivity contribution < 1.29 is 45.8 Å². The fourth-order valence-electron chi connectivity index (χ4n) is 0. The van der Waals surface area contributed by atoms with Gasteiger partial charge in [0.25, 0.3) is 0 Å². The van der Waals surface area contributed by atoms with Crippen molar-refractivity contribution in [1.82, 2.24) is 0 Å². The molecular weight excluding hydrogens is 219 g/mol. The van der Waals surface area contributed by atoms with Gasteiger partial charge in [0.2, 0.25) is 0 Å². The third kappa shape index (κ3) is 164. The van der Waals surface area contributed by atoms with E-state index in [4.69, 9.17) is 17.5 Å². The Labute approximate surface area is 106 Å². The van der Waals surface area contributed by atoms with Gasteiger partial charge < -0.3 is 11.0 Å². The van der Waals surface area contributed by atoms with E-state index in [1.54, 1.807) is 0 Å². The number of hydrogen-bond donors (Lipinski definition) is 2. The fourth-order valence-corrected chi connectivity index (χ4v) is 0. The van der Waals surface area contributed by atoms with Crippen LogP contribution in [0.25, 0.3) is 0 Å². The van der Waals surface area contributed by atoms with Crippen molar-refractivity contribution >= 4 is 61.8 Å². The molecule has 9 heteroatoms. The third-order valence-electron chi connectivity index (χ3n) is 0. The first-order valence-electron chi connectivity index (χ1n) is 0.698. The molecule has 6 N–H and O–H groups in total. The molecule has 6 nitrogen and oxygen atoms in total. The Morgan fingerprint density at radius 1 is 1.00 bits per heavy atom. The molecule has 0 aromatic heterocycles. The van der Waals surface area contributed by atoms with Crippen LogP contribution in [0.2, 0.25) is 0 Å². The molecule has 9 heavy (non-hydrogen) atoms. The summed E-state index contributed by atoms with van der Waals surface area (Å²) in [6.07, 6.45) is 0. The summed E-state index contributed by atoms with van der Waals surface area (Å²) in [5.74, 6) is 0. The molecule has 0 fully saturated rings. The summed E-state index contributed by atoms with van der Waals surface area (Å²) in [4.78, 5) is 0. The second-order valence-corrected chi connectivity index (χ2v) is 1.34. The van der Waals surface area contributed by atoms with Crippen molar-refractivity contribution in [1.29, 1.82) is 0 Å². The summed E-state index contributed by atoms with van der Waals surface area (Å²) in [7, 11) is -4.67. The molecule has 0 saturated carbocycles. The van der Waals surface area contributed by atoms with Gasteiger partial charge in [0.15, 0.2) is 0 Å². The molecule has 0 aliphatic rings. The van der Waals surface area contributed by atoms with Crippen LogP contribution in [-0.4, -0.2) is 79.9 Å². The fraction of sp³-hybridized carbons (Fsp3) is 0. The van der Waals surface area contributed by atoms with E-state index < -0.39 is 10.4 Å². The quantitative estimate of drug-likeness (QED) is 0.336. The minimum atomic E-state index is -4.67. The van der Waals surface area contributed by atoms with E-state index in [9.17, 15) is 0 Å². The average molecular weight is 226 g/mol. The van der Waals surface area contributed by atoms with Crippen LogP contribution in [0.4, 0.5) is 0 Å². The summed E-state index contributed by atoms with van der Waals surface area (Å²) in [6, 6.07) is 0. The summed E-state index contributed by atoms with van der Waals surface area (Å²) in [6.45, 7) is 0. The zero-order valence-corrected chi connectivity index (χ0v) is 5.62. The maximum atomic E-state index is 8.74. The van der Waals surface area contributed by atoms with Crippen LogP contribution in [0, 0.1) is 0 Å². The predicted molar refractivity (Wildman–Crippen MR) is 28.6 cm³/mol. The molecule has 0 unspecified atom stereocenters. The molecule has 0 radical (unpaired) electrons. The van der Waals surface area contributed by atoms with Crippen molar-refractivity contribution in [2.45, 2.75) is 0 Å². The van der Waals surface area contributed by atoms with E-state index in [1.165, 1.54) is 0 Å². The van der Waals surface area contributed by atoms with Gasteiger partial charge in [-0.2, -0.15) is 8.42 Å². The van der Waals surface area contributed by atoms with Crippen LogP contribution in [0.5, 0.6) is 0 Å². The Hall–Kier alpha value is 1.96. The van der Waals surface area contributed by atoms with Crippen molar-refractivity contribution in [3.8, 4) is 0 Å². The molecule has 0 amide bonds. The number of hydrogen-bond acceptors (Lipinski definition) is 2. The third-order valence-corrected chi connectivity index (χ3v) is 0. The Morgan fingerprint density at radius 2 is 1.00 bits per heavy atom. The molecular formula is H7CrKO6S. The molecule has 0 spiro atoms. The summed E-state index contributed by atoms with van der Waals surface area (Å²) in [5.41, 5.74) is 0. The molecule has 0 saturated heterocycles. The van der Waals surface area contributed by atoms with Gasteiger partial charge in [0.1, 0.15) is 0 Å². The van der Waals surface area contributed by atoms with E-state index in [0.29, 0.717) is 0 Å². The second kappa shape index (κ2) is 12.6. The van der Waals surface area contributed by atoms with Crippen molar-refractivity contribution in [3.05, 3.63) is 0 Å². The Bertz CT molecular complexity index is 96.2. The van der Waals surface area contributed by atoms with Crippen LogP contribution >= 0.6 is 0 Å². The van der Waals surface area contributed by atoms with Crippen LogP contribution in [-0.2, 0) is 27.8 Å². The molecule has 0 aromatic rings. The minimum absolute atomic E-state index is 0. The summed E-state index contributed by atoms with van der Waals surface area (Å²) < 4.78 is 31.6. The Kier molecular flexibility index (Phi) is 42.9. The van der Waals surface area contributed by atoms with Gasteiger partial charge in [-0.25, -0.2) is 0 Å². The van der Waals surface area contributed by atoms with Gasteiger partial charge in [-0.3, -0.25) is 9.11 Å². The summed E-state index contributed by atoms with van der Waals surface area (Å²) in [5, 5.41) is 0. The van der Waals surface area contributed by atoms with Crippen molar-refractivity contribution in [2.24, 2.45) is 0 Å². The second-order valence-electron chi connectivity index (χ2n) is 0.448. The summed E-state index contributed by atoms with van der Waals surface area (Å²) >= 11 is 0. The van der Waals surface area contributed by atoms with E-state index in [2.05, 4.69) is 0 Å². The first kappa shape index (κ1) is 30.6. The Morgan fingerprint density at radius 3 is 1.00 bits per heavy atom. The van der Waals surface area contributed by atoms with E-state index in [-0.39, 0.29) is 79.7 Å². The van der Waals surface area contributed by atoms with Crippen LogP contribution < -0.4 is 0 Å². The monoisotopic (exact) mass is 226 g/mol. The standard InChI is InChI=1S/Cr.K.H2O4S.2H2O.H/c;;1-5(2,3)4;;;/h;;(H2,1,2,3,4);2*1H2;. The van der Waals surface area contributed by atoms with E-state index in [1.807, 2.05) is 0 Å². The molecule has 0 rings (SSSR count). The average Bonchev–Trinajstić information content (AvgIpc) is 0.722. The zero-order chi connectivity index (χ0) is 4.50. The van der Waals surface area contributed by atoms with Gasteiger partial charge in [0, 0.05) is 17.4 Å². The normalized spacial score (nSPS) is 6.44. The number of rotatable bonds is 0. The molecule has 0 aliphatic heterocycles. The Balaban J connectivity index is -0.0000000133. The van der Waals surface area contributed by atoms with Crippen LogP contribution in [0.15, 0.2) is 0 Å². The van der Waals surface area contributed by atoms with Gasteiger partial charge in [-0.05, 0) is 0 Å². The first-order valence-corrected chi connectivity index (χ1v) is 2.10. The van der Waals surface area contributed by atoms with Gasteiger partial charge in [0.05, 0.1) is 0 Å². The maximum absolute atomic E-state index is 8.74. The van der Waals surface area contributed by atoms with Gasteiger partial charge in [-0.15, -0.1) is 0 Å². The van der Waals surface area contributed by atoms with Gasteiger partial charge >= 0.3 is 61.8 Å². The van der Waals surface area contributed by atoms with Crippen molar-refractivity contribution in [3.63, 3.8) is 0 Å². The topological polar surface area (TPSA) is 138 Å². The predicted octanol–water partition coefficient (Wildman–Crippen LogP) is -2.95.